The molecular weight excluding hydrogens is 210 g/mol. The van der Waals surface area contributed by atoms with E-state index in [0.29, 0.717) is 0 Å². The number of aliphatic hydroxyl groups excluding tert-OH is 3. The van der Waals surface area contributed by atoms with Crippen LogP contribution in [-0.2, 0) is 9.84 Å². The van der Waals surface area contributed by atoms with E-state index in [2.05, 4.69) is 5.32 Å². The van der Waals surface area contributed by atoms with Gasteiger partial charge < -0.3 is 20.6 Å². The van der Waals surface area contributed by atoms with Gasteiger partial charge in [-0.3, -0.25) is 0 Å². The molecule has 3 unspecified atom stereocenters. The highest BCUT2D eigenvalue weighted by Crippen LogP contribution is 2.12. The second-order valence-electron chi connectivity index (χ2n) is 3.50. The molecule has 0 saturated carbocycles. The Morgan fingerprint density at radius 3 is 2.50 bits per heavy atom. The first-order valence-corrected chi connectivity index (χ1v) is 6.17. The van der Waals surface area contributed by atoms with E-state index in [1.165, 1.54) is 0 Å². The van der Waals surface area contributed by atoms with Gasteiger partial charge in [0.25, 0.3) is 0 Å². The third-order valence-electron chi connectivity index (χ3n) is 2.15. The summed E-state index contributed by atoms with van der Waals surface area (Å²) >= 11 is 0. The molecule has 0 aromatic rings. The van der Waals surface area contributed by atoms with Crippen LogP contribution < -0.4 is 5.32 Å². The SMILES string of the molecule is O=S1(=O)CC(O)C(NCC(O)CO)C1. The molecule has 1 saturated heterocycles. The van der Waals surface area contributed by atoms with E-state index in [1.807, 2.05) is 0 Å². The van der Waals surface area contributed by atoms with Crippen LogP contribution in [0.15, 0.2) is 0 Å². The van der Waals surface area contributed by atoms with Crippen molar-refractivity contribution in [3.05, 3.63) is 0 Å². The summed E-state index contributed by atoms with van der Waals surface area (Å²) in [6, 6.07) is -0.541. The third-order valence-corrected chi connectivity index (χ3v) is 3.87. The minimum atomic E-state index is -3.16. The first-order chi connectivity index (χ1) is 6.44. The molecule has 7 heteroatoms. The molecule has 0 bridgehead atoms. The molecule has 0 aromatic heterocycles. The van der Waals surface area contributed by atoms with E-state index in [9.17, 15) is 13.5 Å². The highest BCUT2D eigenvalue weighted by atomic mass is 32.2. The summed E-state index contributed by atoms with van der Waals surface area (Å²) in [6.45, 7) is -0.309. The molecule has 3 atom stereocenters. The lowest BCUT2D eigenvalue weighted by molar-refractivity contribution is 0.0847. The number of sulfone groups is 1. The summed E-state index contributed by atoms with van der Waals surface area (Å²) in [6.07, 6.45) is -1.85. The highest BCUT2D eigenvalue weighted by Gasteiger charge is 2.36. The van der Waals surface area contributed by atoms with E-state index in [4.69, 9.17) is 10.2 Å². The average Bonchev–Trinajstić information content (AvgIpc) is 2.35. The summed E-state index contributed by atoms with van der Waals surface area (Å²) in [5.74, 6) is -0.355. The van der Waals surface area contributed by atoms with E-state index in [1.54, 1.807) is 0 Å². The van der Waals surface area contributed by atoms with Gasteiger partial charge in [0.05, 0.1) is 30.3 Å². The van der Waals surface area contributed by atoms with Gasteiger partial charge in [-0.15, -0.1) is 0 Å². The Morgan fingerprint density at radius 2 is 2.07 bits per heavy atom. The van der Waals surface area contributed by atoms with Gasteiger partial charge in [0.15, 0.2) is 9.84 Å². The van der Waals surface area contributed by atoms with Crippen LogP contribution in [-0.4, -0.2) is 66.6 Å². The van der Waals surface area contributed by atoms with Crippen molar-refractivity contribution >= 4 is 9.84 Å². The zero-order valence-electron chi connectivity index (χ0n) is 7.63. The number of rotatable bonds is 4. The first kappa shape index (κ1) is 11.9. The predicted molar refractivity (Wildman–Crippen MR) is 49.5 cm³/mol. The Kier molecular flexibility index (Phi) is 3.85. The maximum Gasteiger partial charge on any atom is 0.154 e. The van der Waals surface area contributed by atoms with Gasteiger partial charge >= 0.3 is 0 Å². The van der Waals surface area contributed by atoms with Crippen LogP contribution in [0.3, 0.4) is 0 Å². The zero-order valence-corrected chi connectivity index (χ0v) is 8.44. The molecule has 1 fully saturated rings. The molecule has 0 aromatic carbocycles. The zero-order chi connectivity index (χ0) is 10.8. The van der Waals surface area contributed by atoms with E-state index >= 15 is 0 Å². The standard InChI is InChI=1S/C7H15NO5S/c9-2-5(10)1-8-6-3-14(12,13)4-7(6)11/h5-11H,1-4H2. The van der Waals surface area contributed by atoms with Crippen LogP contribution in [0.4, 0.5) is 0 Å². The fourth-order valence-corrected chi connectivity index (χ4v) is 3.15. The van der Waals surface area contributed by atoms with Crippen molar-refractivity contribution in [1.82, 2.24) is 5.32 Å². The van der Waals surface area contributed by atoms with Crippen molar-refractivity contribution < 1.29 is 23.7 Å². The van der Waals surface area contributed by atoms with Crippen molar-refractivity contribution in [2.45, 2.75) is 18.2 Å². The lowest BCUT2D eigenvalue weighted by atomic mass is 10.2. The van der Waals surface area contributed by atoms with Crippen molar-refractivity contribution in [3.63, 3.8) is 0 Å². The summed E-state index contributed by atoms with van der Waals surface area (Å²) in [5, 5.41) is 29.5. The molecule has 84 valence electrons. The van der Waals surface area contributed by atoms with Crippen molar-refractivity contribution in [2.24, 2.45) is 0 Å². The number of hydrogen-bond donors (Lipinski definition) is 4. The molecule has 0 amide bonds. The Hall–Kier alpha value is -0.210. The quantitative estimate of drug-likeness (QED) is 0.408. The normalized spacial score (nSPS) is 33.1. The first-order valence-electron chi connectivity index (χ1n) is 4.35. The molecular formula is C7H15NO5S. The van der Waals surface area contributed by atoms with E-state index in [-0.39, 0.29) is 24.7 Å². The molecule has 1 heterocycles. The predicted octanol–water partition coefficient (Wildman–Crippen LogP) is -2.91. The second kappa shape index (κ2) is 4.54. The summed E-state index contributed by atoms with van der Waals surface area (Å²) in [4.78, 5) is 0. The molecule has 1 aliphatic rings. The van der Waals surface area contributed by atoms with Gasteiger partial charge in [0.1, 0.15) is 0 Å². The average molecular weight is 225 g/mol. The van der Waals surface area contributed by atoms with Crippen LogP contribution in [0.25, 0.3) is 0 Å². The van der Waals surface area contributed by atoms with Crippen molar-refractivity contribution in [3.8, 4) is 0 Å². The number of nitrogens with one attached hydrogen (secondary N) is 1. The molecule has 14 heavy (non-hydrogen) atoms. The smallest absolute Gasteiger partial charge is 0.154 e. The van der Waals surface area contributed by atoms with Crippen molar-refractivity contribution in [1.29, 1.82) is 0 Å². The largest absolute Gasteiger partial charge is 0.394 e. The van der Waals surface area contributed by atoms with E-state index < -0.39 is 28.1 Å². The Labute approximate surface area is 82.5 Å². The van der Waals surface area contributed by atoms with Crippen LogP contribution in [0.1, 0.15) is 0 Å². The molecule has 1 aliphatic heterocycles. The minimum absolute atomic E-state index is 0.0771. The van der Waals surface area contributed by atoms with Crippen LogP contribution in [0, 0.1) is 0 Å². The highest BCUT2D eigenvalue weighted by molar-refractivity contribution is 7.91. The van der Waals surface area contributed by atoms with Gasteiger partial charge in [-0.1, -0.05) is 0 Å². The monoisotopic (exact) mass is 225 g/mol. The topological polar surface area (TPSA) is 107 Å². The Balaban J connectivity index is 2.40. The molecule has 6 nitrogen and oxygen atoms in total. The molecule has 0 aliphatic carbocycles. The van der Waals surface area contributed by atoms with Crippen molar-refractivity contribution in [2.75, 3.05) is 24.7 Å². The van der Waals surface area contributed by atoms with Gasteiger partial charge in [0.2, 0.25) is 0 Å². The number of hydrogen-bond acceptors (Lipinski definition) is 6. The van der Waals surface area contributed by atoms with Gasteiger partial charge in [0, 0.05) is 12.6 Å². The van der Waals surface area contributed by atoms with Gasteiger partial charge in [-0.05, 0) is 0 Å². The molecule has 4 N–H and O–H groups in total. The van der Waals surface area contributed by atoms with Crippen LogP contribution in [0.5, 0.6) is 0 Å². The third kappa shape index (κ3) is 3.18. The molecule has 0 spiro atoms. The minimum Gasteiger partial charge on any atom is -0.394 e. The maximum atomic E-state index is 11.1. The lowest BCUT2D eigenvalue weighted by Crippen LogP contribution is -2.43. The van der Waals surface area contributed by atoms with Crippen LogP contribution >= 0.6 is 0 Å². The summed E-state index contributed by atoms with van der Waals surface area (Å²) in [5.41, 5.74) is 0. The molecule has 1 rings (SSSR count). The maximum absolute atomic E-state index is 11.1. The second-order valence-corrected chi connectivity index (χ2v) is 5.65. The fourth-order valence-electron chi connectivity index (χ4n) is 1.38. The van der Waals surface area contributed by atoms with E-state index in [0.717, 1.165) is 0 Å². The van der Waals surface area contributed by atoms with Gasteiger partial charge in [-0.2, -0.15) is 0 Å². The summed E-state index contributed by atoms with van der Waals surface area (Å²) in [7, 11) is -3.16. The lowest BCUT2D eigenvalue weighted by Gasteiger charge is -2.16. The number of aliphatic hydroxyl groups is 3. The molecule has 0 radical (unpaired) electrons. The van der Waals surface area contributed by atoms with Gasteiger partial charge in [-0.25, -0.2) is 8.42 Å². The fraction of sp³-hybridized carbons (Fsp3) is 1.00. The van der Waals surface area contributed by atoms with Crippen LogP contribution in [0.2, 0.25) is 0 Å². The Morgan fingerprint density at radius 1 is 1.43 bits per heavy atom. The Bertz CT molecular complexity index is 278. The summed E-state index contributed by atoms with van der Waals surface area (Å²) < 4.78 is 22.1.